The summed E-state index contributed by atoms with van der Waals surface area (Å²) in [5.41, 5.74) is 6.65. The van der Waals surface area contributed by atoms with E-state index in [2.05, 4.69) is 12.0 Å². The van der Waals surface area contributed by atoms with Gasteiger partial charge in [0.2, 0.25) is 11.7 Å². The van der Waals surface area contributed by atoms with Crippen LogP contribution in [0.3, 0.4) is 0 Å². The number of rotatable bonds is 4. The van der Waals surface area contributed by atoms with Gasteiger partial charge < -0.3 is 4.18 Å². The fraction of sp³-hybridized carbons (Fsp3) is 0.381. The zero-order chi connectivity index (χ0) is 21.8. The van der Waals surface area contributed by atoms with Crippen LogP contribution in [-0.4, -0.2) is 35.2 Å². The molecular weight excluding hydrogens is 390 g/mol. The van der Waals surface area contributed by atoms with Crippen LogP contribution in [0, 0.1) is 41.5 Å². The van der Waals surface area contributed by atoms with Crippen LogP contribution in [0.2, 0.25) is 0 Å². The lowest BCUT2D eigenvalue weighted by atomic mass is 9.91. The van der Waals surface area contributed by atoms with Crippen molar-refractivity contribution in [2.75, 3.05) is 6.26 Å². The number of pyridine rings is 1. The number of carbonyl (C=O) groups excluding carboxylic acids is 1. The number of hydrogen-bond acceptors (Lipinski definition) is 6. The van der Waals surface area contributed by atoms with E-state index in [1.54, 1.807) is 14.0 Å². The van der Waals surface area contributed by atoms with Crippen LogP contribution in [0.4, 0.5) is 0 Å². The van der Waals surface area contributed by atoms with Crippen LogP contribution in [0.25, 0.3) is 10.9 Å². The molecule has 29 heavy (non-hydrogen) atoms. The molecule has 0 saturated heterocycles. The van der Waals surface area contributed by atoms with Crippen LogP contribution in [0.1, 0.15) is 49.6 Å². The van der Waals surface area contributed by atoms with Crippen LogP contribution in [0.5, 0.6) is 5.88 Å². The van der Waals surface area contributed by atoms with Gasteiger partial charge in [-0.3, -0.25) is 9.78 Å². The number of benzene rings is 1. The first-order chi connectivity index (χ1) is 13.3. The number of ketones is 1. The monoisotopic (exact) mass is 415 g/mol. The van der Waals surface area contributed by atoms with Gasteiger partial charge in [0.15, 0.2) is 0 Å². The van der Waals surface area contributed by atoms with E-state index in [-0.39, 0.29) is 17.2 Å². The first-order valence-corrected chi connectivity index (χ1v) is 11.0. The van der Waals surface area contributed by atoms with Crippen molar-refractivity contribution in [2.45, 2.75) is 41.5 Å². The van der Waals surface area contributed by atoms with Crippen LogP contribution < -0.4 is 4.18 Å². The molecule has 1 aromatic carbocycles. The normalized spacial score (nSPS) is 11.9. The molecule has 154 valence electrons. The highest BCUT2D eigenvalue weighted by Crippen LogP contribution is 2.33. The molecule has 0 aliphatic rings. The first kappa shape index (κ1) is 21.0. The maximum atomic E-state index is 13.5. The molecule has 3 rings (SSSR count). The molecule has 0 atom stereocenters. The Bertz CT molecular complexity index is 1290. The summed E-state index contributed by atoms with van der Waals surface area (Å²) in [7, 11) is -2.28. The molecule has 0 N–H and O–H groups in total. The molecule has 3 aromatic rings. The summed E-state index contributed by atoms with van der Waals surface area (Å²) in [6, 6.07) is 1.83. The second-order valence-electron chi connectivity index (χ2n) is 7.54. The fourth-order valence-corrected chi connectivity index (χ4v) is 4.21. The molecule has 7 nitrogen and oxygen atoms in total. The summed E-state index contributed by atoms with van der Waals surface area (Å²) in [6.45, 7) is 11.5. The van der Waals surface area contributed by atoms with Gasteiger partial charge in [0, 0.05) is 23.7 Å². The molecule has 8 heteroatoms. The minimum Gasteiger partial charge on any atom is -0.361 e. The van der Waals surface area contributed by atoms with Crippen molar-refractivity contribution in [1.82, 2.24) is 14.8 Å². The molecule has 0 fully saturated rings. The van der Waals surface area contributed by atoms with Gasteiger partial charge in [0.05, 0.1) is 17.5 Å². The summed E-state index contributed by atoms with van der Waals surface area (Å²) < 4.78 is 29.7. The van der Waals surface area contributed by atoms with E-state index < -0.39 is 10.1 Å². The SMILES string of the molecule is Cc1nc2c(C)c(C(=O)c3c(C)nn(C)c3OS(C)(=O)=O)cc(C)c2c(C)c1C. The third kappa shape index (κ3) is 3.53. The molecule has 0 saturated carbocycles. The zero-order valence-electron chi connectivity index (χ0n) is 18.0. The highest BCUT2D eigenvalue weighted by Gasteiger charge is 2.27. The van der Waals surface area contributed by atoms with Gasteiger partial charge in [-0.15, -0.1) is 0 Å². The summed E-state index contributed by atoms with van der Waals surface area (Å²) in [5.74, 6) is -0.425. The van der Waals surface area contributed by atoms with Gasteiger partial charge in [0.1, 0.15) is 5.56 Å². The van der Waals surface area contributed by atoms with E-state index in [0.29, 0.717) is 11.3 Å². The molecule has 0 spiro atoms. The molecule has 2 aromatic heterocycles. The summed E-state index contributed by atoms with van der Waals surface area (Å²) in [5, 5.41) is 5.23. The number of nitrogens with zero attached hydrogens (tertiary/aromatic N) is 3. The van der Waals surface area contributed by atoms with Crippen molar-refractivity contribution in [3.05, 3.63) is 50.8 Å². The van der Waals surface area contributed by atoms with Crippen LogP contribution >= 0.6 is 0 Å². The standard InChI is InChI=1S/C21H25N3O4S/c1-10-9-16(13(4)19-17(10)12(3)11(2)14(5)22-19)20(25)18-15(6)23-24(7)21(18)28-29(8,26)27/h9H,1-8H3. The fourth-order valence-electron chi connectivity index (χ4n) is 3.73. The van der Waals surface area contributed by atoms with Crippen LogP contribution in [0.15, 0.2) is 6.07 Å². The maximum Gasteiger partial charge on any atom is 0.307 e. The van der Waals surface area contributed by atoms with Gasteiger partial charge >= 0.3 is 10.1 Å². The lowest BCUT2D eigenvalue weighted by Gasteiger charge is -2.16. The second kappa shape index (κ2) is 6.95. The Morgan fingerprint density at radius 2 is 1.62 bits per heavy atom. The lowest BCUT2D eigenvalue weighted by Crippen LogP contribution is -2.13. The predicted octanol–water partition coefficient (Wildman–Crippen LogP) is 3.39. The summed E-state index contributed by atoms with van der Waals surface area (Å²) in [6.07, 6.45) is 0.937. The van der Waals surface area contributed by atoms with Crippen molar-refractivity contribution in [3.63, 3.8) is 0 Å². The molecule has 0 aliphatic carbocycles. The van der Waals surface area contributed by atoms with Gasteiger partial charge in [0.25, 0.3) is 0 Å². The van der Waals surface area contributed by atoms with Crippen molar-refractivity contribution < 1.29 is 17.4 Å². The highest BCUT2D eigenvalue weighted by molar-refractivity contribution is 7.86. The molecule has 2 heterocycles. The van der Waals surface area contributed by atoms with E-state index in [1.165, 1.54) is 4.68 Å². The Morgan fingerprint density at radius 3 is 2.21 bits per heavy atom. The quantitative estimate of drug-likeness (QED) is 0.479. The van der Waals surface area contributed by atoms with E-state index in [1.807, 2.05) is 33.8 Å². The van der Waals surface area contributed by atoms with Crippen molar-refractivity contribution >= 4 is 26.8 Å². The minimum atomic E-state index is -3.82. The highest BCUT2D eigenvalue weighted by atomic mass is 32.2. The van der Waals surface area contributed by atoms with Gasteiger partial charge in [-0.1, -0.05) is 0 Å². The third-order valence-electron chi connectivity index (χ3n) is 5.38. The Hall–Kier alpha value is -2.74. The Morgan fingerprint density at radius 1 is 1.00 bits per heavy atom. The molecule has 0 unspecified atom stereocenters. The van der Waals surface area contributed by atoms with E-state index in [4.69, 9.17) is 9.17 Å². The van der Waals surface area contributed by atoms with E-state index in [9.17, 15) is 13.2 Å². The number of carbonyl (C=O) groups is 1. The molecule has 0 aliphatic heterocycles. The largest absolute Gasteiger partial charge is 0.361 e. The van der Waals surface area contributed by atoms with Crippen molar-refractivity contribution in [3.8, 4) is 5.88 Å². The summed E-state index contributed by atoms with van der Waals surface area (Å²) in [4.78, 5) is 18.2. The van der Waals surface area contributed by atoms with E-state index in [0.717, 1.165) is 45.1 Å². The van der Waals surface area contributed by atoms with Crippen molar-refractivity contribution in [2.24, 2.45) is 7.05 Å². The number of fused-ring (bicyclic) bond motifs is 1. The number of aryl methyl sites for hydroxylation is 6. The van der Waals surface area contributed by atoms with E-state index >= 15 is 0 Å². The maximum absolute atomic E-state index is 13.5. The average Bonchev–Trinajstić information content (AvgIpc) is 2.86. The number of aromatic nitrogens is 3. The first-order valence-electron chi connectivity index (χ1n) is 9.19. The molecule has 0 bridgehead atoms. The van der Waals surface area contributed by atoms with Crippen LogP contribution in [-0.2, 0) is 17.2 Å². The Kier molecular flexibility index (Phi) is 5.03. The van der Waals surface area contributed by atoms with Crippen molar-refractivity contribution in [1.29, 1.82) is 0 Å². The second-order valence-corrected chi connectivity index (χ2v) is 9.12. The minimum absolute atomic E-state index is 0.0867. The average molecular weight is 416 g/mol. The molecule has 0 radical (unpaired) electrons. The topological polar surface area (TPSA) is 91.2 Å². The lowest BCUT2D eigenvalue weighted by molar-refractivity contribution is 0.103. The zero-order valence-corrected chi connectivity index (χ0v) is 18.8. The Balaban J connectivity index is 2.30. The summed E-state index contributed by atoms with van der Waals surface area (Å²) >= 11 is 0. The van der Waals surface area contributed by atoms with Gasteiger partial charge in [-0.25, -0.2) is 4.68 Å². The Labute approximate surface area is 170 Å². The number of hydrogen-bond donors (Lipinski definition) is 0. The van der Waals surface area contributed by atoms with Gasteiger partial charge in [-0.2, -0.15) is 13.5 Å². The predicted molar refractivity (Wildman–Crippen MR) is 112 cm³/mol. The molecule has 0 amide bonds. The smallest absolute Gasteiger partial charge is 0.307 e. The molecular formula is C21H25N3O4S. The third-order valence-corrected chi connectivity index (χ3v) is 5.84. The van der Waals surface area contributed by atoms with Gasteiger partial charge in [-0.05, 0) is 69.9 Å².